The molecule has 24 heavy (non-hydrogen) atoms. The molecule has 2 N–H and O–H groups in total. The number of carbonyl (C=O) groups is 1. The van der Waals surface area contributed by atoms with Crippen LogP contribution in [0.25, 0.3) is 0 Å². The summed E-state index contributed by atoms with van der Waals surface area (Å²) in [4.78, 5) is 28.3. The molecule has 6 heteroatoms. The Bertz CT molecular complexity index is 633. The average molecular weight is 336 g/mol. The molecule has 0 spiro atoms. The summed E-state index contributed by atoms with van der Waals surface area (Å²) in [6.45, 7) is 10.9. The lowest BCUT2D eigenvalue weighted by Crippen LogP contribution is -2.45. The van der Waals surface area contributed by atoms with Crippen LogP contribution >= 0.6 is 0 Å². The largest absolute Gasteiger partial charge is 0.477 e. The molecule has 2 atom stereocenters. The molecule has 0 saturated carbocycles. The minimum absolute atomic E-state index is 0.0545. The molecule has 1 aromatic heterocycles. The zero-order valence-corrected chi connectivity index (χ0v) is 15.0. The number of pyridine rings is 1. The number of likely N-dealkylation sites (tertiary alicyclic amines) is 1. The van der Waals surface area contributed by atoms with Crippen molar-refractivity contribution in [2.24, 2.45) is 5.41 Å². The van der Waals surface area contributed by atoms with Crippen LogP contribution in [-0.2, 0) is 4.74 Å². The van der Waals surface area contributed by atoms with Crippen LogP contribution < -0.4 is 5.56 Å². The molecule has 0 aromatic carbocycles. The minimum atomic E-state index is -1.12. The average Bonchev–Trinajstić information content (AvgIpc) is 2.47. The summed E-state index contributed by atoms with van der Waals surface area (Å²) in [5, 5.41) is 9.03. The quantitative estimate of drug-likeness (QED) is 0.864. The summed E-state index contributed by atoms with van der Waals surface area (Å²) in [5.74, 6) is -1.12. The first-order valence-electron chi connectivity index (χ1n) is 8.53. The molecule has 1 aliphatic heterocycles. The zero-order chi connectivity index (χ0) is 17.9. The standard InChI is InChI=1S/C18H28N2O4/c1-5-24-12-8-9-20(11-18(2,3)4)15(10-12)13-6-7-14(17(22)23)19-16(13)21/h6-7,12,15H,5,8-11H2,1-4H3,(H,19,21)(H,22,23)/t12-,15-/m0/s1. The lowest BCUT2D eigenvalue weighted by Gasteiger charge is -2.42. The van der Waals surface area contributed by atoms with Gasteiger partial charge in [0.05, 0.1) is 6.10 Å². The lowest BCUT2D eigenvalue weighted by molar-refractivity contribution is -0.0201. The Morgan fingerprint density at radius 2 is 2.12 bits per heavy atom. The fraction of sp³-hybridized carbons (Fsp3) is 0.667. The molecular formula is C18H28N2O4. The van der Waals surface area contributed by atoms with Crippen molar-refractivity contribution in [3.63, 3.8) is 0 Å². The van der Waals surface area contributed by atoms with Gasteiger partial charge in [-0.15, -0.1) is 0 Å². The maximum absolute atomic E-state index is 12.4. The number of H-pyrrole nitrogens is 1. The van der Waals surface area contributed by atoms with Crippen LogP contribution in [-0.4, -0.2) is 46.8 Å². The number of carboxylic acid groups (broad SMARTS) is 1. The maximum Gasteiger partial charge on any atom is 0.352 e. The Kier molecular flexibility index (Phi) is 5.83. The van der Waals surface area contributed by atoms with Crippen molar-refractivity contribution in [3.05, 3.63) is 33.7 Å². The predicted octanol–water partition coefficient (Wildman–Crippen LogP) is 2.66. The topological polar surface area (TPSA) is 82.6 Å². The van der Waals surface area contributed by atoms with Gasteiger partial charge in [-0.2, -0.15) is 0 Å². The number of piperidine rings is 1. The van der Waals surface area contributed by atoms with E-state index in [0.29, 0.717) is 12.2 Å². The fourth-order valence-electron chi connectivity index (χ4n) is 3.36. The maximum atomic E-state index is 12.4. The highest BCUT2D eigenvalue weighted by Gasteiger charge is 2.33. The number of rotatable bonds is 5. The van der Waals surface area contributed by atoms with E-state index >= 15 is 0 Å². The van der Waals surface area contributed by atoms with E-state index in [4.69, 9.17) is 9.84 Å². The Hall–Kier alpha value is -1.66. The third kappa shape index (κ3) is 4.68. The van der Waals surface area contributed by atoms with Crippen LogP contribution in [0.1, 0.15) is 62.6 Å². The number of hydrogen-bond donors (Lipinski definition) is 2. The first-order chi connectivity index (χ1) is 11.2. The van der Waals surface area contributed by atoms with Crippen LogP contribution in [0.3, 0.4) is 0 Å². The van der Waals surface area contributed by atoms with E-state index in [1.807, 2.05) is 6.92 Å². The van der Waals surface area contributed by atoms with Gasteiger partial charge >= 0.3 is 5.97 Å². The highest BCUT2D eigenvalue weighted by molar-refractivity contribution is 5.85. The smallest absolute Gasteiger partial charge is 0.352 e. The molecular weight excluding hydrogens is 308 g/mol. The van der Waals surface area contributed by atoms with Crippen LogP contribution in [0.15, 0.2) is 16.9 Å². The van der Waals surface area contributed by atoms with Gasteiger partial charge in [-0.3, -0.25) is 9.69 Å². The first kappa shape index (κ1) is 18.7. The number of hydrogen-bond acceptors (Lipinski definition) is 4. The molecule has 2 heterocycles. The molecule has 6 nitrogen and oxygen atoms in total. The lowest BCUT2D eigenvalue weighted by atomic mass is 9.89. The normalized spacial score (nSPS) is 22.5. The Labute approximate surface area is 142 Å². The number of nitrogens with one attached hydrogen (secondary N) is 1. The van der Waals surface area contributed by atoms with Gasteiger partial charge in [0, 0.05) is 31.3 Å². The number of aromatic carboxylic acids is 1. The summed E-state index contributed by atoms with van der Waals surface area (Å²) in [7, 11) is 0. The van der Waals surface area contributed by atoms with Crippen molar-refractivity contribution in [3.8, 4) is 0 Å². The molecule has 0 bridgehead atoms. The molecule has 0 radical (unpaired) electrons. The van der Waals surface area contributed by atoms with E-state index in [1.165, 1.54) is 6.07 Å². The molecule has 0 aliphatic carbocycles. The fourth-order valence-corrected chi connectivity index (χ4v) is 3.36. The number of aromatic nitrogens is 1. The summed E-state index contributed by atoms with van der Waals surface area (Å²) >= 11 is 0. The van der Waals surface area contributed by atoms with E-state index in [0.717, 1.165) is 25.9 Å². The van der Waals surface area contributed by atoms with Gasteiger partial charge in [0.15, 0.2) is 0 Å². The monoisotopic (exact) mass is 336 g/mol. The van der Waals surface area contributed by atoms with E-state index in [9.17, 15) is 9.59 Å². The summed E-state index contributed by atoms with van der Waals surface area (Å²) < 4.78 is 5.78. The van der Waals surface area contributed by atoms with E-state index in [-0.39, 0.29) is 28.8 Å². The summed E-state index contributed by atoms with van der Waals surface area (Å²) in [5.41, 5.74) is 0.331. The summed E-state index contributed by atoms with van der Waals surface area (Å²) in [6.07, 6.45) is 1.83. The second-order valence-electron chi connectivity index (χ2n) is 7.61. The molecule has 2 rings (SSSR count). The number of nitrogens with zero attached hydrogens (tertiary/aromatic N) is 1. The van der Waals surface area contributed by atoms with Gasteiger partial charge in [-0.25, -0.2) is 4.79 Å². The second kappa shape index (κ2) is 7.49. The third-order valence-electron chi connectivity index (χ3n) is 4.27. The van der Waals surface area contributed by atoms with Crippen LogP contribution in [0.5, 0.6) is 0 Å². The second-order valence-corrected chi connectivity index (χ2v) is 7.61. The Balaban J connectivity index is 2.32. The SMILES string of the molecule is CCO[C@H]1CCN(CC(C)(C)C)[C@H](c2ccc(C(=O)O)[nH]c2=O)C1. The third-order valence-corrected chi connectivity index (χ3v) is 4.27. The summed E-state index contributed by atoms with van der Waals surface area (Å²) in [6, 6.07) is 3.07. The Morgan fingerprint density at radius 1 is 1.42 bits per heavy atom. The highest BCUT2D eigenvalue weighted by Crippen LogP contribution is 2.33. The first-order valence-corrected chi connectivity index (χ1v) is 8.53. The predicted molar refractivity (Wildman–Crippen MR) is 92.4 cm³/mol. The van der Waals surface area contributed by atoms with Crippen LogP contribution in [0.4, 0.5) is 0 Å². The van der Waals surface area contributed by atoms with Gasteiger partial charge in [-0.1, -0.05) is 20.8 Å². The molecule has 1 saturated heterocycles. The van der Waals surface area contributed by atoms with Crippen molar-refractivity contribution in [1.29, 1.82) is 0 Å². The van der Waals surface area contributed by atoms with E-state index < -0.39 is 5.97 Å². The van der Waals surface area contributed by atoms with E-state index in [2.05, 4.69) is 30.7 Å². The van der Waals surface area contributed by atoms with Gasteiger partial charge in [0.25, 0.3) is 5.56 Å². The van der Waals surface area contributed by atoms with Gasteiger partial charge in [-0.05, 0) is 37.3 Å². The highest BCUT2D eigenvalue weighted by atomic mass is 16.5. The molecule has 134 valence electrons. The molecule has 0 unspecified atom stereocenters. The molecule has 0 amide bonds. The van der Waals surface area contributed by atoms with Crippen LogP contribution in [0, 0.1) is 5.41 Å². The van der Waals surface area contributed by atoms with Crippen molar-refractivity contribution in [1.82, 2.24) is 9.88 Å². The number of ether oxygens (including phenoxy) is 1. The van der Waals surface area contributed by atoms with Gasteiger partial charge in [0.2, 0.25) is 0 Å². The number of aromatic amines is 1. The Morgan fingerprint density at radius 3 is 2.67 bits per heavy atom. The van der Waals surface area contributed by atoms with Crippen molar-refractivity contribution in [2.75, 3.05) is 19.7 Å². The van der Waals surface area contributed by atoms with Gasteiger partial charge < -0.3 is 14.8 Å². The van der Waals surface area contributed by atoms with Crippen molar-refractivity contribution in [2.45, 2.75) is 52.7 Å². The number of carboxylic acids is 1. The van der Waals surface area contributed by atoms with Gasteiger partial charge in [0.1, 0.15) is 5.69 Å². The molecule has 1 fully saturated rings. The minimum Gasteiger partial charge on any atom is -0.477 e. The molecule has 1 aromatic rings. The van der Waals surface area contributed by atoms with Crippen molar-refractivity contribution < 1.29 is 14.6 Å². The zero-order valence-electron chi connectivity index (χ0n) is 15.0. The van der Waals surface area contributed by atoms with Crippen LogP contribution in [0.2, 0.25) is 0 Å². The van der Waals surface area contributed by atoms with Crippen molar-refractivity contribution >= 4 is 5.97 Å². The van der Waals surface area contributed by atoms with E-state index in [1.54, 1.807) is 6.07 Å². The molecule has 1 aliphatic rings.